The van der Waals surface area contributed by atoms with E-state index in [2.05, 4.69) is 20.9 Å². The van der Waals surface area contributed by atoms with Gasteiger partial charge in [-0.25, -0.2) is 4.98 Å². The highest BCUT2D eigenvalue weighted by Gasteiger charge is 2.31. The molecule has 1 amide bonds. The molecule has 1 aliphatic rings. The van der Waals surface area contributed by atoms with E-state index in [1.807, 2.05) is 23.1 Å². The van der Waals surface area contributed by atoms with E-state index >= 15 is 0 Å². The molecule has 0 radical (unpaired) electrons. The number of rotatable bonds is 4. The number of nitrogens with zero attached hydrogens (tertiary/aromatic N) is 2. The summed E-state index contributed by atoms with van der Waals surface area (Å²) in [5, 5.41) is -0.0122. The lowest BCUT2D eigenvalue weighted by molar-refractivity contribution is 0.0760. The highest BCUT2D eigenvalue weighted by Crippen LogP contribution is 2.40. The summed E-state index contributed by atoms with van der Waals surface area (Å²) in [6.45, 7) is 0.712. The lowest BCUT2D eigenvalue weighted by Gasteiger charge is -2.24. The van der Waals surface area contributed by atoms with Gasteiger partial charge in [0.05, 0.1) is 24.3 Å². The maximum atomic E-state index is 12.8. The number of pyridine rings is 1. The first kappa shape index (κ1) is 17.1. The maximum Gasteiger partial charge on any atom is 0.256 e. The topological polar surface area (TPSA) is 51.7 Å². The first-order chi connectivity index (χ1) is 11.6. The molecule has 5 nitrogen and oxygen atoms in total. The molecule has 0 saturated carbocycles. The molecule has 2 heterocycles. The van der Waals surface area contributed by atoms with E-state index in [0.717, 1.165) is 21.5 Å². The quantitative estimate of drug-likeness (QED) is 0.770. The van der Waals surface area contributed by atoms with Crippen LogP contribution in [0.2, 0.25) is 0 Å². The third-order valence-electron chi connectivity index (χ3n) is 3.81. The van der Waals surface area contributed by atoms with Crippen LogP contribution in [0.5, 0.6) is 11.6 Å². The molecule has 126 valence electrons. The Morgan fingerprint density at radius 3 is 2.75 bits per heavy atom. The smallest absolute Gasteiger partial charge is 0.256 e. The van der Waals surface area contributed by atoms with Gasteiger partial charge in [-0.2, -0.15) is 0 Å². The lowest BCUT2D eigenvalue weighted by Crippen LogP contribution is -2.30. The van der Waals surface area contributed by atoms with Crippen molar-refractivity contribution in [1.29, 1.82) is 0 Å². The molecule has 7 heteroatoms. The van der Waals surface area contributed by atoms with Crippen LogP contribution < -0.4 is 9.47 Å². The van der Waals surface area contributed by atoms with Crippen LogP contribution in [0.4, 0.5) is 0 Å². The summed E-state index contributed by atoms with van der Waals surface area (Å²) in [6, 6.07) is 9.37. The van der Waals surface area contributed by atoms with Crippen molar-refractivity contribution in [3.63, 3.8) is 0 Å². The zero-order chi connectivity index (χ0) is 17.1. The van der Waals surface area contributed by atoms with Gasteiger partial charge in [-0.1, -0.05) is 6.07 Å². The van der Waals surface area contributed by atoms with Gasteiger partial charge in [-0.05, 0) is 39.7 Å². The van der Waals surface area contributed by atoms with Gasteiger partial charge in [-0.3, -0.25) is 4.79 Å². The predicted molar refractivity (Wildman–Crippen MR) is 97.7 cm³/mol. The number of hydrogen-bond donors (Lipinski definition) is 0. The molecule has 1 fully saturated rings. The fraction of sp³-hybridized carbons (Fsp3) is 0.294. The van der Waals surface area contributed by atoms with Crippen molar-refractivity contribution < 1.29 is 14.3 Å². The molecule has 0 spiro atoms. The van der Waals surface area contributed by atoms with Crippen molar-refractivity contribution in [2.75, 3.05) is 26.5 Å². The van der Waals surface area contributed by atoms with Crippen molar-refractivity contribution in [3.05, 3.63) is 52.1 Å². The Balaban J connectivity index is 1.84. The molecule has 3 rings (SSSR count). The lowest BCUT2D eigenvalue weighted by atomic mass is 10.1. The minimum atomic E-state index is -0.0212. The highest BCUT2D eigenvalue weighted by molar-refractivity contribution is 9.10. The summed E-state index contributed by atoms with van der Waals surface area (Å²) in [5.74, 6) is 2.16. The van der Waals surface area contributed by atoms with Crippen molar-refractivity contribution in [3.8, 4) is 11.6 Å². The molecule has 1 aliphatic heterocycles. The number of carbonyl (C=O) groups excluding carboxylic acids is 1. The Kier molecular flexibility index (Phi) is 5.30. The molecule has 1 unspecified atom stereocenters. The van der Waals surface area contributed by atoms with Gasteiger partial charge < -0.3 is 14.4 Å². The van der Waals surface area contributed by atoms with Crippen LogP contribution in [0.15, 0.2) is 41.0 Å². The van der Waals surface area contributed by atoms with E-state index < -0.39 is 0 Å². The van der Waals surface area contributed by atoms with Gasteiger partial charge in [0.1, 0.15) is 11.1 Å². The van der Waals surface area contributed by atoms with Gasteiger partial charge in [0.25, 0.3) is 5.91 Å². The summed E-state index contributed by atoms with van der Waals surface area (Å²) in [7, 11) is 3.19. The number of halogens is 1. The Morgan fingerprint density at radius 1 is 1.29 bits per heavy atom. The van der Waals surface area contributed by atoms with Crippen molar-refractivity contribution in [2.24, 2.45) is 0 Å². The molecule has 0 N–H and O–H groups in total. The number of amides is 1. The van der Waals surface area contributed by atoms with Crippen LogP contribution in [0.25, 0.3) is 0 Å². The fourth-order valence-corrected chi connectivity index (χ4v) is 4.39. The highest BCUT2D eigenvalue weighted by atomic mass is 79.9. The van der Waals surface area contributed by atoms with Crippen LogP contribution in [0.3, 0.4) is 0 Å². The number of carbonyl (C=O) groups is 1. The fourth-order valence-electron chi connectivity index (χ4n) is 2.58. The Bertz CT molecular complexity index is 739. The van der Waals surface area contributed by atoms with Crippen LogP contribution in [0.1, 0.15) is 21.3 Å². The number of ether oxygens (including phenoxy) is 2. The molecule has 1 aromatic heterocycles. The molecule has 2 aromatic rings. The van der Waals surface area contributed by atoms with Gasteiger partial charge in [0.2, 0.25) is 5.88 Å². The molecular formula is C17H17BrN2O3S. The largest absolute Gasteiger partial charge is 0.496 e. The molecule has 1 atom stereocenters. The maximum absolute atomic E-state index is 12.8. The van der Waals surface area contributed by atoms with E-state index in [1.165, 1.54) is 0 Å². The van der Waals surface area contributed by atoms with Gasteiger partial charge in [-0.15, -0.1) is 11.8 Å². The second-order valence-electron chi connectivity index (χ2n) is 5.20. The van der Waals surface area contributed by atoms with Crippen molar-refractivity contribution >= 4 is 33.6 Å². The second kappa shape index (κ2) is 7.44. The first-order valence-electron chi connectivity index (χ1n) is 7.40. The summed E-state index contributed by atoms with van der Waals surface area (Å²) < 4.78 is 11.2. The van der Waals surface area contributed by atoms with E-state index in [1.54, 1.807) is 44.3 Å². The Labute approximate surface area is 153 Å². The average molecular weight is 409 g/mol. The third kappa shape index (κ3) is 3.37. The van der Waals surface area contributed by atoms with E-state index in [0.29, 0.717) is 18.0 Å². The van der Waals surface area contributed by atoms with Crippen molar-refractivity contribution in [1.82, 2.24) is 9.88 Å². The summed E-state index contributed by atoms with van der Waals surface area (Å²) in [5.41, 5.74) is 1.64. The van der Waals surface area contributed by atoms with E-state index in [9.17, 15) is 4.79 Å². The summed E-state index contributed by atoms with van der Waals surface area (Å²) in [4.78, 5) is 18.8. The minimum Gasteiger partial charge on any atom is -0.496 e. The molecular weight excluding hydrogens is 392 g/mol. The summed E-state index contributed by atoms with van der Waals surface area (Å²) >= 11 is 5.27. The SMILES string of the molecule is COc1ccc(C(=O)N2CCSC2c2ccc(OC)c(Br)c2)cn1. The monoisotopic (exact) mass is 408 g/mol. The third-order valence-corrected chi connectivity index (χ3v) is 5.69. The molecule has 24 heavy (non-hydrogen) atoms. The second-order valence-corrected chi connectivity index (χ2v) is 7.25. The molecule has 1 saturated heterocycles. The number of methoxy groups -OCH3 is 2. The van der Waals surface area contributed by atoms with Crippen LogP contribution >= 0.6 is 27.7 Å². The van der Waals surface area contributed by atoms with E-state index in [-0.39, 0.29) is 11.3 Å². The van der Waals surface area contributed by atoms with Gasteiger partial charge in [0, 0.05) is 24.6 Å². The van der Waals surface area contributed by atoms with Crippen LogP contribution in [-0.2, 0) is 0 Å². The van der Waals surface area contributed by atoms with Crippen LogP contribution in [-0.4, -0.2) is 42.3 Å². The Morgan fingerprint density at radius 2 is 2.12 bits per heavy atom. The number of aromatic nitrogens is 1. The molecule has 1 aromatic carbocycles. The normalized spacial score (nSPS) is 17.0. The average Bonchev–Trinajstić information content (AvgIpc) is 3.10. The van der Waals surface area contributed by atoms with Crippen molar-refractivity contribution in [2.45, 2.75) is 5.37 Å². The van der Waals surface area contributed by atoms with E-state index in [4.69, 9.17) is 9.47 Å². The van der Waals surface area contributed by atoms with Gasteiger partial charge >= 0.3 is 0 Å². The zero-order valence-electron chi connectivity index (χ0n) is 13.4. The molecule has 0 aliphatic carbocycles. The molecule has 0 bridgehead atoms. The predicted octanol–water partition coefficient (Wildman–Crippen LogP) is 3.75. The number of thioether (sulfide) groups is 1. The first-order valence-corrected chi connectivity index (χ1v) is 9.24. The van der Waals surface area contributed by atoms with Gasteiger partial charge in [0.15, 0.2) is 0 Å². The number of hydrogen-bond acceptors (Lipinski definition) is 5. The Hall–Kier alpha value is -1.73. The zero-order valence-corrected chi connectivity index (χ0v) is 15.8. The minimum absolute atomic E-state index is 0.0122. The number of benzene rings is 1. The standard InChI is InChI=1S/C17H17BrN2O3S/c1-22-14-5-3-11(9-13(14)18)17-20(7-8-24-17)16(21)12-4-6-15(23-2)19-10-12/h3-6,9-10,17H,7-8H2,1-2H3. The summed E-state index contributed by atoms with van der Waals surface area (Å²) in [6.07, 6.45) is 1.56. The van der Waals surface area contributed by atoms with Crippen LogP contribution in [0, 0.1) is 0 Å².